The smallest absolute Gasteiger partial charge is 0.261 e. The SMILES string of the molecule is O=C(Nc1nncs1)c1cccc(S(=O)(=O)Nc2ccc(Br)cc2)c1. The van der Waals surface area contributed by atoms with Gasteiger partial charge in [-0.2, -0.15) is 0 Å². The van der Waals surface area contributed by atoms with Crippen molar-refractivity contribution in [1.29, 1.82) is 0 Å². The van der Waals surface area contributed by atoms with Gasteiger partial charge in [0.05, 0.1) is 4.90 Å². The molecule has 0 saturated heterocycles. The first-order valence-corrected chi connectivity index (χ1v) is 10.1. The molecule has 25 heavy (non-hydrogen) atoms. The van der Waals surface area contributed by atoms with Gasteiger partial charge in [-0.1, -0.05) is 33.3 Å². The third-order valence-electron chi connectivity index (χ3n) is 3.08. The minimum atomic E-state index is -3.81. The lowest BCUT2D eigenvalue weighted by Crippen LogP contribution is -2.16. The zero-order valence-corrected chi connectivity index (χ0v) is 15.7. The number of nitrogens with one attached hydrogen (secondary N) is 2. The van der Waals surface area contributed by atoms with Gasteiger partial charge >= 0.3 is 0 Å². The minimum Gasteiger partial charge on any atom is -0.296 e. The summed E-state index contributed by atoms with van der Waals surface area (Å²) in [6.07, 6.45) is 0. The second kappa shape index (κ2) is 7.30. The Kier molecular flexibility index (Phi) is 5.11. The average molecular weight is 439 g/mol. The maximum Gasteiger partial charge on any atom is 0.261 e. The molecule has 7 nitrogen and oxygen atoms in total. The van der Waals surface area contributed by atoms with Crippen LogP contribution in [0.15, 0.2) is 63.4 Å². The van der Waals surface area contributed by atoms with E-state index in [4.69, 9.17) is 0 Å². The second-order valence-electron chi connectivity index (χ2n) is 4.84. The van der Waals surface area contributed by atoms with E-state index in [2.05, 4.69) is 36.2 Å². The van der Waals surface area contributed by atoms with Gasteiger partial charge in [0.15, 0.2) is 0 Å². The molecule has 2 aromatic carbocycles. The van der Waals surface area contributed by atoms with E-state index in [1.807, 2.05) is 0 Å². The van der Waals surface area contributed by atoms with Gasteiger partial charge < -0.3 is 0 Å². The molecule has 0 unspecified atom stereocenters. The highest BCUT2D eigenvalue weighted by Gasteiger charge is 2.17. The Bertz CT molecular complexity index is 990. The summed E-state index contributed by atoms with van der Waals surface area (Å²) < 4.78 is 28.3. The Hall–Kier alpha value is -2.30. The van der Waals surface area contributed by atoms with Crippen LogP contribution in [0.1, 0.15) is 10.4 Å². The molecule has 0 aliphatic carbocycles. The van der Waals surface area contributed by atoms with E-state index in [0.29, 0.717) is 10.8 Å². The third kappa shape index (κ3) is 4.41. The number of sulfonamides is 1. The molecule has 0 atom stereocenters. The summed E-state index contributed by atoms with van der Waals surface area (Å²) in [5.41, 5.74) is 2.11. The number of halogens is 1. The minimum absolute atomic E-state index is 0.0136. The predicted molar refractivity (Wildman–Crippen MR) is 99.3 cm³/mol. The van der Waals surface area contributed by atoms with E-state index >= 15 is 0 Å². The first-order valence-electron chi connectivity index (χ1n) is 6.90. The quantitative estimate of drug-likeness (QED) is 0.635. The fourth-order valence-corrected chi connectivity index (χ4v) is 3.74. The van der Waals surface area contributed by atoms with Crippen LogP contribution in [0.3, 0.4) is 0 Å². The summed E-state index contributed by atoms with van der Waals surface area (Å²) in [6.45, 7) is 0. The molecule has 10 heteroatoms. The topological polar surface area (TPSA) is 101 Å². The summed E-state index contributed by atoms with van der Waals surface area (Å²) in [5.74, 6) is -0.461. The Labute approximate surface area is 156 Å². The lowest BCUT2D eigenvalue weighted by molar-refractivity contribution is 0.102. The highest BCUT2D eigenvalue weighted by Crippen LogP contribution is 2.20. The number of anilines is 2. The van der Waals surface area contributed by atoms with E-state index in [1.165, 1.54) is 41.1 Å². The van der Waals surface area contributed by atoms with Crippen LogP contribution in [0.2, 0.25) is 0 Å². The van der Waals surface area contributed by atoms with Crippen molar-refractivity contribution in [3.63, 3.8) is 0 Å². The normalized spacial score (nSPS) is 11.1. The summed E-state index contributed by atoms with van der Waals surface area (Å²) in [6, 6.07) is 12.5. The summed E-state index contributed by atoms with van der Waals surface area (Å²) in [5, 5.41) is 10.2. The lowest BCUT2D eigenvalue weighted by atomic mass is 10.2. The summed E-state index contributed by atoms with van der Waals surface area (Å²) >= 11 is 4.46. The zero-order chi connectivity index (χ0) is 17.9. The maximum absolute atomic E-state index is 12.5. The van der Waals surface area contributed by atoms with Crippen LogP contribution in [0, 0.1) is 0 Å². The van der Waals surface area contributed by atoms with Crippen molar-refractivity contribution in [2.75, 3.05) is 10.0 Å². The number of hydrogen-bond donors (Lipinski definition) is 2. The number of aromatic nitrogens is 2. The van der Waals surface area contributed by atoms with Crippen molar-refractivity contribution in [2.45, 2.75) is 4.90 Å². The van der Waals surface area contributed by atoms with E-state index in [0.717, 1.165) is 4.47 Å². The van der Waals surface area contributed by atoms with E-state index in [-0.39, 0.29) is 10.5 Å². The van der Waals surface area contributed by atoms with Gasteiger partial charge in [0.1, 0.15) is 5.51 Å². The Balaban J connectivity index is 1.82. The average Bonchev–Trinajstić information content (AvgIpc) is 3.10. The second-order valence-corrected chi connectivity index (χ2v) is 8.27. The van der Waals surface area contributed by atoms with Crippen LogP contribution in [0.4, 0.5) is 10.8 Å². The van der Waals surface area contributed by atoms with Crippen molar-refractivity contribution < 1.29 is 13.2 Å². The van der Waals surface area contributed by atoms with Gasteiger partial charge in [-0.05, 0) is 42.5 Å². The molecule has 0 radical (unpaired) electrons. The summed E-state index contributed by atoms with van der Waals surface area (Å²) in [7, 11) is -3.81. The molecule has 128 valence electrons. The van der Waals surface area contributed by atoms with Crippen LogP contribution in [-0.4, -0.2) is 24.5 Å². The first-order chi connectivity index (χ1) is 11.9. The van der Waals surface area contributed by atoms with Crippen molar-refractivity contribution in [2.24, 2.45) is 0 Å². The maximum atomic E-state index is 12.5. The molecule has 0 saturated carbocycles. The largest absolute Gasteiger partial charge is 0.296 e. The Morgan fingerprint density at radius 3 is 2.56 bits per heavy atom. The molecule has 2 N–H and O–H groups in total. The number of benzene rings is 2. The monoisotopic (exact) mass is 438 g/mol. The Morgan fingerprint density at radius 2 is 1.88 bits per heavy atom. The molecule has 1 amide bonds. The van der Waals surface area contributed by atoms with Crippen molar-refractivity contribution >= 4 is 54.0 Å². The van der Waals surface area contributed by atoms with Crippen LogP contribution >= 0.6 is 27.3 Å². The highest BCUT2D eigenvalue weighted by molar-refractivity contribution is 9.10. The van der Waals surface area contributed by atoms with Gasteiger partial charge in [-0.15, -0.1) is 10.2 Å². The number of amides is 1. The number of carbonyl (C=O) groups excluding carboxylic acids is 1. The number of nitrogens with zero attached hydrogens (tertiary/aromatic N) is 2. The third-order valence-corrected chi connectivity index (χ3v) is 5.60. The number of carbonyl (C=O) groups is 1. The van der Waals surface area contributed by atoms with E-state index in [1.54, 1.807) is 24.3 Å². The molecular weight excluding hydrogens is 428 g/mol. The molecule has 0 aliphatic heterocycles. The zero-order valence-electron chi connectivity index (χ0n) is 12.5. The van der Waals surface area contributed by atoms with Crippen molar-refractivity contribution in [3.05, 3.63) is 64.1 Å². The number of hydrogen-bond acceptors (Lipinski definition) is 6. The molecule has 3 rings (SSSR count). The highest BCUT2D eigenvalue weighted by atomic mass is 79.9. The fourth-order valence-electron chi connectivity index (χ4n) is 1.93. The van der Waals surface area contributed by atoms with E-state index in [9.17, 15) is 13.2 Å². The van der Waals surface area contributed by atoms with Crippen molar-refractivity contribution in [3.8, 4) is 0 Å². The standard InChI is InChI=1S/C15H11BrN4O3S2/c16-11-4-6-12(7-5-11)20-25(22,23)13-3-1-2-10(8-13)14(21)18-15-19-17-9-24-15/h1-9,20H,(H,18,19,21). The molecule has 1 heterocycles. The van der Waals surface area contributed by atoms with Crippen LogP contribution in [0.25, 0.3) is 0 Å². The van der Waals surface area contributed by atoms with Gasteiger partial charge in [0.25, 0.3) is 15.9 Å². The van der Waals surface area contributed by atoms with Gasteiger partial charge in [-0.25, -0.2) is 8.42 Å². The van der Waals surface area contributed by atoms with Crippen LogP contribution < -0.4 is 10.0 Å². The molecule has 0 bridgehead atoms. The lowest BCUT2D eigenvalue weighted by Gasteiger charge is -2.09. The predicted octanol–water partition coefficient (Wildman–Crippen LogP) is 3.35. The number of rotatable bonds is 5. The van der Waals surface area contributed by atoms with Gasteiger partial charge in [0.2, 0.25) is 5.13 Å². The summed E-state index contributed by atoms with van der Waals surface area (Å²) in [4.78, 5) is 12.2. The van der Waals surface area contributed by atoms with Gasteiger partial charge in [-0.3, -0.25) is 14.8 Å². The molecule has 0 fully saturated rings. The van der Waals surface area contributed by atoms with Crippen molar-refractivity contribution in [1.82, 2.24) is 10.2 Å². The van der Waals surface area contributed by atoms with Crippen LogP contribution in [-0.2, 0) is 10.0 Å². The first kappa shape index (κ1) is 17.5. The molecular formula is C15H11BrN4O3S2. The fraction of sp³-hybridized carbons (Fsp3) is 0. The van der Waals surface area contributed by atoms with E-state index < -0.39 is 15.9 Å². The Morgan fingerprint density at radius 1 is 1.12 bits per heavy atom. The molecule has 0 spiro atoms. The van der Waals surface area contributed by atoms with Gasteiger partial charge in [0, 0.05) is 15.7 Å². The molecule has 1 aromatic heterocycles. The molecule has 3 aromatic rings. The molecule has 0 aliphatic rings. The van der Waals surface area contributed by atoms with Crippen LogP contribution in [0.5, 0.6) is 0 Å².